The first-order chi connectivity index (χ1) is 13.1. The second-order valence-corrected chi connectivity index (χ2v) is 8.06. The van der Waals surface area contributed by atoms with Gasteiger partial charge in [-0.15, -0.1) is 11.3 Å². The van der Waals surface area contributed by atoms with Gasteiger partial charge in [0, 0.05) is 40.9 Å². The lowest BCUT2D eigenvalue weighted by Gasteiger charge is -2.33. The van der Waals surface area contributed by atoms with Gasteiger partial charge in [-0.05, 0) is 48.1 Å². The number of benzene rings is 1. The van der Waals surface area contributed by atoms with E-state index in [4.69, 9.17) is 11.6 Å². The van der Waals surface area contributed by atoms with E-state index < -0.39 is 0 Å². The van der Waals surface area contributed by atoms with E-state index in [1.54, 1.807) is 17.4 Å². The molecule has 4 nitrogen and oxygen atoms in total. The van der Waals surface area contributed by atoms with E-state index in [2.05, 4.69) is 26.6 Å². The third-order valence-electron chi connectivity index (χ3n) is 4.92. The molecular weight excluding hydrogens is 385 g/mol. The van der Waals surface area contributed by atoms with Crippen molar-refractivity contribution >= 4 is 44.7 Å². The largest absolute Gasteiger partial charge is 0.355 e. The Kier molecular flexibility index (Phi) is 5.27. The molecule has 0 radical (unpaired) electrons. The van der Waals surface area contributed by atoms with Gasteiger partial charge in [0.15, 0.2) is 0 Å². The van der Waals surface area contributed by atoms with E-state index >= 15 is 0 Å². The zero-order valence-corrected chi connectivity index (χ0v) is 16.2. The van der Waals surface area contributed by atoms with Crippen molar-refractivity contribution < 1.29 is 9.18 Å². The highest BCUT2D eigenvalue weighted by Gasteiger charge is 2.27. The highest BCUT2D eigenvalue weighted by molar-refractivity contribution is 7.17. The molecule has 7 heteroatoms. The first-order valence-electron chi connectivity index (χ1n) is 8.90. The number of thiophene rings is 1. The zero-order chi connectivity index (χ0) is 18.8. The van der Waals surface area contributed by atoms with Gasteiger partial charge in [-0.3, -0.25) is 4.79 Å². The number of halogens is 2. The highest BCUT2D eigenvalue weighted by atomic mass is 35.5. The molecule has 1 unspecified atom stereocenters. The van der Waals surface area contributed by atoms with Gasteiger partial charge in [0.2, 0.25) is 5.91 Å². The lowest BCUT2D eigenvalue weighted by atomic mass is 9.96. The smallest absolute Gasteiger partial charge is 0.225 e. The molecule has 0 saturated carbocycles. The summed E-state index contributed by atoms with van der Waals surface area (Å²) in [6, 6.07) is 8.32. The van der Waals surface area contributed by atoms with Crippen molar-refractivity contribution in [2.75, 3.05) is 18.0 Å². The lowest BCUT2D eigenvalue weighted by molar-refractivity contribution is -0.125. The van der Waals surface area contributed by atoms with Crippen LogP contribution in [0.1, 0.15) is 18.4 Å². The zero-order valence-electron chi connectivity index (χ0n) is 14.6. The Balaban J connectivity index is 1.43. The summed E-state index contributed by atoms with van der Waals surface area (Å²) in [7, 11) is 0. The Bertz CT molecular complexity index is 977. The van der Waals surface area contributed by atoms with Crippen molar-refractivity contribution in [2.45, 2.75) is 19.4 Å². The third-order valence-corrected chi connectivity index (χ3v) is 6.15. The van der Waals surface area contributed by atoms with Crippen LogP contribution in [0.4, 0.5) is 10.2 Å². The summed E-state index contributed by atoms with van der Waals surface area (Å²) < 4.78 is 14.4. The van der Waals surface area contributed by atoms with Gasteiger partial charge in [-0.2, -0.15) is 0 Å². The van der Waals surface area contributed by atoms with Crippen molar-refractivity contribution in [3.05, 3.63) is 58.3 Å². The number of nitrogens with zero attached hydrogens (tertiary/aromatic N) is 2. The van der Waals surface area contributed by atoms with Crippen LogP contribution in [-0.4, -0.2) is 24.0 Å². The second-order valence-electron chi connectivity index (χ2n) is 6.71. The highest BCUT2D eigenvalue weighted by Crippen LogP contribution is 2.31. The molecule has 1 amide bonds. The van der Waals surface area contributed by atoms with Gasteiger partial charge < -0.3 is 10.2 Å². The van der Waals surface area contributed by atoms with Crippen molar-refractivity contribution in [2.24, 2.45) is 5.92 Å². The molecule has 1 saturated heterocycles. The number of carbonyl (C=O) groups excluding carboxylic acids is 1. The standard InChI is InChI=1S/C20H19ClFN3OS/c21-17-10-15(22)4-3-13(17)11-24-20(26)14-2-1-8-25(12-14)19-16-6-9-27-18(16)5-7-23-19/h3-7,9-10,14H,1-2,8,11-12H2,(H,24,26). The first-order valence-corrected chi connectivity index (χ1v) is 10.2. The number of aromatic nitrogens is 1. The van der Waals surface area contributed by atoms with E-state index in [9.17, 15) is 9.18 Å². The Hall–Kier alpha value is -2.18. The molecule has 0 aliphatic carbocycles. The number of amides is 1. The van der Waals surface area contributed by atoms with Crippen LogP contribution in [0.3, 0.4) is 0 Å². The van der Waals surface area contributed by atoms with Crippen molar-refractivity contribution in [3.63, 3.8) is 0 Å². The number of hydrogen-bond donors (Lipinski definition) is 1. The SMILES string of the molecule is O=C(NCc1ccc(F)cc1Cl)C1CCCN(c2nccc3sccc23)C1. The second kappa shape index (κ2) is 7.82. The number of nitrogens with one attached hydrogen (secondary N) is 1. The van der Waals surface area contributed by atoms with Crippen molar-refractivity contribution in [1.82, 2.24) is 10.3 Å². The fourth-order valence-electron chi connectivity index (χ4n) is 3.51. The summed E-state index contributed by atoms with van der Waals surface area (Å²) in [6.07, 6.45) is 3.62. The fourth-order valence-corrected chi connectivity index (χ4v) is 4.52. The molecule has 0 spiro atoms. The van der Waals surface area contributed by atoms with Gasteiger partial charge in [-0.1, -0.05) is 17.7 Å². The normalized spacial score (nSPS) is 17.3. The van der Waals surface area contributed by atoms with Gasteiger partial charge in [-0.25, -0.2) is 9.37 Å². The predicted octanol–water partition coefficient (Wildman–Crippen LogP) is 4.62. The van der Waals surface area contributed by atoms with Gasteiger partial charge in [0.05, 0.1) is 5.92 Å². The number of piperidine rings is 1. The summed E-state index contributed by atoms with van der Waals surface area (Å²) in [5.74, 6) is 0.465. The summed E-state index contributed by atoms with van der Waals surface area (Å²) >= 11 is 7.74. The minimum Gasteiger partial charge on any atom is -0.355 e. The maximum Gasteiger partial charge on any atom is 0.225 e. The fraction of sp³-hybridized carbons (Fsp3) is 0.300. The maximum absolute atomic E-state index is 13.1. The first kappa shape index (κ1) is 18.2. The maximum atomic E-state index is 13.1. The molecule has 1 atom stereocenters. The van der Waals surface area contributed by atoms with E-state index in [1.807, 2.05) is 12.3 Å². The van der Waals surface area contributed by atoms with Crippen molar-refractivity contribution in [1.29, 1.82) is 0 Å². The molecule has 3 aromatic rings. The van der Waals surface area contributed by atoms with Crippen LogP contribution in [0.2, 0.25) is 5.02 Å². The predicted molar refractivity (Wildman–Crippen MR) is 108 cm³/mol. The summed E-state index contributed by atoms with van der Waals surface area (Å²) in [6.45, 7) is 1.84. The molecule has 0 bridgehead atoms. The minimum atomic E-state index is -0.381. The number of anilines is 1. The molecule has 1 fully saturated rings. The molecule has 1 aliphatic rings. The van der Waals surface area contributed by atoms with Gasteiger partial charge in [0.25, 0.3) is 0 Å². The number of rotatable bonds is 4. The topological polar surface area (TPSA) is 45.2 Å². The summed E-state index contributed by atoms with van der Waals surface area (Å²) in [4.78, 5) is 19.4. The minimum absolute atomic E-state index is 0.00224. The molecule has 1 N–H and O–H groups in total. The van der Waals surface area contributed by atoms with Crippen LogP contribution < -0.4 is 10.2 Å². The number of carbonyl (C=O) groups is 1. The van der Waals surface area contributed by atoms with Crippen LogP contribution in [0, 0.1) is 11.7 Å². The molecule has 2 aromatic heterocycles. The quantitative estimate of drug-likeness (QED) is 0.691. The molecular formula is C20H19ClFN3OS. The number of pyridine rings is 1. The van der Waals surface area contributed by atoms with Crippen LogP contribution in [0.15, 0.2) is 41.9 Å². The molecule has 1 aliphatic heterocycles. The molecule has 4 rings (SSSR count). The van der Waals surface area contributed by atoms with E-state index in [1.165, 1.54) is 16.8 Å². The average Bonchev–Trinajstić information content (AvgIpc) is 3.16. The molecule has 140 valence electrons. The Morgan fingerprint density at radius 3 is 3.11 bits per heavy atom. The van der Waals surface area contributed by atoms with E-state index in [0.717, 1.165) is 30.6 Å². The van der Waals surface area contributed by atoms with Crippen LogP contribution in [0.5, 0.6) is 0 Å². The van der Waals surface area contributed by atoms with Crippen molar-refractivity contribution in [3.8, 4) is 0 Å². The molecule has 27 heavy (non-hydrogen) atoms. The summed E-state index contributed by atoms with van der Waals surface area (Å²) in [5.41, 5.74) is 0.712. The Labute approximate surface area is 166 Å². The van der Waals surface area contributed by atoms with Crippen LogP contribution >= 0.6 is 22.9 Å². The Morgan fingerprint density at radius 1 is 1.37 bits per heavy atom. The van der Waals surface area contributed by atoms with E-state index in [0.29, 0.717) is 23.7 Å². The summed E-state index contributed by atoms with van der Waals surface area (Å²) in [5, 5.41) is 6.48. The lowest BCUT2D eigenvalue weighted by Crippen LogP contribution is -2.43. The number of hydrogen-bond acceptors (Lipinski definition) is 4. The molecule has 1 aromatic carbocycles. The van der Waals surface area contributed by atoms with Gasteiger partial charge >= 0.3 is 0 Å². The number of fused-ring (bicyclic) bond motifs is 1. The monoisotopic (exact) mass is 403 g/mol. The Morgan fingerprint density at radius 2 is 2.26 bits per heavy atom. The van der Waals surface area contributed by atoms with Gasteiger partial charge in [0.1, 0.15) is 11.6 Å². The van der Waals surface area contributed by atoms with Crippen LogP contribution in [-0.2, 0) is 11.3 Å². The third kappa shape index (κ3) is 3.92. The van der Waals surface area contributed by atoms with E-state index in [-0.39, 0.29) is 17.6 Å². The molecule has 3 heterocycles. The van der Waals surface area contributed by atoms with Crippen LogP contribution in [0.25, 0.3) is 10.1 Å². The average molecular weight is 404 g/mol.